The van der Waals surface area contributed by atoms with Crippen LogP contribution in [0.15, 0.2) is 54.6 Å². The Morgan fingerprint density at radius 3 is 2.27 bits per heavy atom. The molecule has 2 heterocycles. The normalized spacial score (nSPS) is 14.8. The third-order valence-corrected chi connectivity index (χ3v) is 6.07. The monoisotopic (exact) mass is 516 g/mol. The van der Waals surface area contributed by atoms with Gasteiger partial charge in [-0.1, -0.05) is 6.07 Å². The van der Waals surface area contributed by atoms with Crippen LogP contribution in [0.5, 0.6) is 17.2 Å². The highest BCUT2D eigenvalue weighted by Gasteiger charge is 2.31. The molecule has 1 amide bonds. The van der Waals surface area contributed by atoms with E-state index >= 15 is 0 Å². The summed E-state index contributed by atoms with van der Waals surface area (Å²) in [5.74, 6) is 1.62. The van der Waals surface area contributed by atoms with Gasteiger partial charge in [-0.3, -0.25) is 4.79 Å². The van der Waals surface area contributed by atoms with Crippen LogP contribution in [0.25, 0.3) is 11.3 Å². The summed E-state index contributed by atoms with van der Waals surface area (Å²) in [5.41, 5.74) is 0.692. The Morgan fingerprint density at radius 1 is 0.919 bits per heavy atom. The Labute approximate surface area is 212 Å². The lowest BCUT2D eigenvalue weighted by atomic mass is 10.1. The number of hydrogen-bond donors (Lipinski definition) is 0. The number of piperazine rings is 1. The minimum Gasteiger partial charge on any atom is -0.493 e. The fourth-order valence-corrected chi connectivity index (χ4v) is 4.06. The van der Waals surface area contributed by atoms with Crippen molar-refractivity contribution in [1.82, 2.24) is 15.1 Å². The maximum absolute atomic E-state index is 12.9. The van der Waals surface area contributed by atoms with Gasteiger partial charge in [-0.25, -0.2) is 0 Å². The molecule has 2 aromatic carbocycles. The van der Waals surface area contributed by atoms with Crippen LogP contribution in [-0.4, -0.2) is 67.5 Å². The number of benzene rings is 2. The molecule has 4 rings (SSSR count). The lowest BCUT2D eigenvalue weighted by molar-refractivity contribution is -0.138. The average molecular weight is 517 g/mol. The summed E-state index contributed by atoms with van der Waals surface area (Å²) < 4.78 is 55.0. The molecule has 0 bridgehead atoms. The van der Waals surface area contributed by atoms with Crippen molar-refractivity contribution in [3.8, 4) is 28.5 Å². The molecule has 37 heavy (non-hydrogen) atoms. The van der Waals surface area contributed by atoms with Crippen molar-refractivity contribution >= 4 is 11.7 Å². The van der Waals surface area contributed by atoms with Gasteiger partial charge >= 0.3 is 6.18 Å². The molecule has 1 aliphatic rings. The Morgan fingerprint density at radius 2 is 1.65 bits per heavy atom. The van der Waals surface area contributed by atoms with Gasteiger partial charge < -0.3 is 24.0 Å². The first-order chi connectivity index (χ1) is 17.7. The van der Waals surface area contributed by atoms with E-state index in [0.717, 1.165) is 17.7 Å². The van der Waals surface area contributed by atoms with E-state index in [2.05, 4.69) is 10.2 Å². The van der Waals surface area contributed by atoms with Crippen molar-refractivity contribution in [3.05, 3.63) is 60.2 Å². The van der Waals surface area contributed by atoms with Crippen molar-refractivity contribution in [2.75, 3.05) is 45.3 Å². The second-order valence-corrected chi connectivity index (χ2v) is 8.44. The maximum atomic E-state index is 12.9. The standard InChI is InChI=1S/C26H27F3N4O4/c1-17(37-20-6-4-5-19(16-20)26(27,28)29)25(34)33-13-11-32(12-14-33)24-10-8-21(30-31-24)18-7-9-22(35-2)23(15-18)36-3/h4-10,15-17H,11-14H2,1-3H3. The van der Waals surface area contributed by atoms with E-state index in [4.69, 9.17) is 14.2 Å². The number of nitrogens with zero attached hydrogens (tertiary/aromatic N) is 4. The van der Waals surface area contributed by atoms with Crippen LogP contribution >= 0.6 is 0 Å². The Balaban J connectivity index is 1.34. The first-order valence-electron chi connectivity index (χ1n) is 11.6. The van der Waals surface area contributed by atoms with E-state index in [0.29, 0.717) is 49.2 Å². The fourth-order valence-electron chi connectivity index (χ4n) is 4.06. The molecule has 11 heteroatoms. The smallest absolute Gasteiger partial charge is 0.416 e. The van der Waals surface area contributed by atoms with Gasteiger partial charge in [0.15, 0.2) is 23.4 Å². The van der Waals surface area contributed by atoms with Gasteiger partial charge in [0, 0.05) is 31.7 Å². The molecule has 1 aliphatic heterocycles. The van der Waals surface area contributed by atoms with Gasteiger partial charge in [0.25, 0.3) is 5.91 Å². The van der Waals surface area contributed by atoms with Crippen LogP contribution in [0.3, 0.4) is 0 Å². The number of amides is 1. The van der Waals surface area contributed by atoms with Crippen LogP contribution in [0.2, 0.25) is 0 Å². The Bertz CT molecular complexity index is 1230. The van der Waals surface area contributed by atoms with Crippen LogP contribution in [0, 0.1) is 0 Å². The third kappa shape index (κ3) is 6.04. The van der Waals surface area contributed by atoms with E-state index in [1.807, 2.05) is 29.2 Å². The quantitative estimate of drug-likeness (QED) is 0.464. The van der Waals surface area contributed by atoms with E-state index in [-0.39, 0.29) is 11.7 Å². The number of methoxy groups -OCH3 is 2. The van der Waals surface area contributed by atoms with Crippen molar-refractivity contribution in [1.29, 1.82) is 0 Å². The van der Waals surface area contributed by atoms with Gasteiger partial charge in [0.2, 0.25) is 0 Å². The molecule has 0 N–H and O–H groups in total. The second-order valence-electron chi connectivity index (χ2n) is 8.44. The number of rotatable bonds is 7. The average Bonchev–Trinajstić information content (AvgIpc) is 2.92. The highest BCUT2D eigenvalue weighted by atomic mass is 19.4. The highest BCUT2D eigenvalue weighted by molar-refractivity contribution is 5.81. The molecular formula is C26H27F3N4O4. The first kappa shape index (κ1) is 26.1. The molecular weight excluding hydrogens is 489 g/mol. The van der Waals surface area contributed by atoms with Crippen molar-refractivity contribution < 1.29 is 32.2 Å². The molecule has 196 valence electrons. The lowest BCUT2D eigenvalue weighted by Crippen LogP contribution is -2.52. The first-order valence-corrected chi connectivity index (χ1v) is 11.6. The molecule has 0 radical (unpaired) electrons. The topological polar surface area (TPSA) is 77.0 Å². The number of alkyl halides is 3. The highest BCUT2D eigenvalue weighted by Crippen LogP contribution is 2.33. The minimum atomic E-state index is -4.48. The summed E-state index contributed by atoms with van der Waals surface area (Å²) in [6.45, 7) is 3.45. The van der Waals surface area contributed by atoms with E-state index in [1.54, 1.807) is 25.2 Å². The summed E-state index contributed by atoms with van der Waals surface area (Å²) in [4.78, 5) is 16.5. The molecule has 8 nitrogen and oxygen atoms in total. The Hall–Kier alpha value is -4.02. The summed E-state index contributed by atoms with van der Waals surface area (Å²) in [7, 11) is 3.14. The van der Waals surface area contributed by atoms with Gasteiger partial charge in [-0.2, -0.15) is 13.2 Å². The number of carbonyl (C=O) groups excluding carboxylic acids is 1. The van der Waals surface area contributed by atoms with Gasteiger partial charge in [0.1, 0.15) is 5.75 Å². The largest absolute Gasteiger partial charge is 0.493 e. The molecule has 1 atom stereocenters. The van der Waals surface area contributed by atoms with Gasteiger partial charge in [0.05, 0.1) is 25.5 Å². The van der Waals surface area contributed by atoms with Crippen LogP contribution < -0.4 is 19.1 Å². The van der Waals surface area contributed by atoms with E-state index in [9.17, 15) is 18.0 Å². The summed E-state index contributed by atoms with van der Waals surface area (Å²) in [5, 5.41) is 8.69. The second kappa shape index (κ2) is 10.9. The number of aromatic nitrogens is 2. The zero-order valence-electron chi connectivity index (χ0n) is 20.7. The predicted octanol–water partition coefficient (Wildman–Crippen LogP) is 4.30. The van der Waals surface area contributed by atoms with Crippen LogP contribution in [-0.2, 0) is 11.0 Å². The molecule has 1 aromatic heterocycles. The molecule has 1 saturated heterocycles. The molecule has 3 aromatic rings. The van der Waals surface area contributed by atoms with Gasteiger partial charge in [-0.05, 0) is 55.5 Å². The van der Waals surface area contributed by atoms with Crippen molar-refractivity contribution in [3.63, 3.8) is 0 Å². The lowest BCUT2D eigenvalue weighted by Gasteiger charge is -2.36. The summed E-state index contributed by atoms with van der Waals surface area (Å²) in [6.07, 6.45) is -5.40. The predicted molar refractivity (Wildman–Crippen MR) is 131 cm³/mol. The van der Waals surface area contributed by atoms with Gasteiger partial charge in [-0.15, -0.1) is 10.2 Å². The third-order valence-electron chi connectivity index (χ3n) is 6.07. The molecule has 1 unspecified atom stereocenters. The number of hydrogen-bond acceptors (Lipinski definition) is 7. The zero-order chi connectivity index (χ0) is 26.6. The molecule has 0 spiro atoms. The molecule has 0 aliphatic carbocycles. The number of halogens is 3. The zero-order valence-corrected chi connectivity index (χ0v) is 20.7. The van der Waals surface area contributed by atoms with E-state index < -0.39 is 17.8 Å². The Kier molecular flexibility index (Phi) is 7.70. The van der Waals surface area contributed by atoms with Crippen molar-refractivity contribution in [2.45, 2.75) is 19.2 Å². The SMILES string of the molecule is COc1ccc(-c2ccc(N3CCN(C(=O)C(C)Oc4cccc(C(F)(F)F)c4)CC3)nn2)cc1OC. The number of anilines is 1. The molecule has 1 fully saturated rings. The van der Waals surface area contributed by atoms with Crippen molar-refractivity contribution in [2.24, 2.45) is 0 Å². The van der Waals surface area contributed by atoms with Crippen LogP contribution in [0.1, 0.15) is 12.5 Å². The summed E-state index contributed by atoms with van der Waals surface area (Å²) in [6, 6.07) is 13.8. The fraction of sp³-hybridized carbons (Fsp3) is 0.346. The maximum Gasteiger partial charge on any atom is 0.416 e. The van der Waals surface area contributed by atoms with Crippen LogP contribution in [0.4, 0.5) is 19.0 Å². The molecule has 0 saturated carbocycles. The van der Waals surface area contributed by atoms with E-state index in [1.165, 1.54) is 19.1 Å². The summed E-state index contributed by atoms with van der Waals surface area (Å²) >= 11 is 0. The number of ether oxygens (including phenoxy) is 3. The minimum absolute atomic E-state index is 0.000782. The number of carbonyl (C=O) groups is 1.